The molecule has 0 aliphatic heterocycles. The van der Waals surface area contributed by atoms with Gasteiger partial charge in [0.15, 0.2) is 0 Å². The number of nitrogens with zero attached hydrogens (tertiary/aromatic N) is 1. The molecule has 2 rings (SSSR count). The Morgan fingerprint density at radius 1 is 1.25 bits per heavy atom. The van der Waals surface area contributed by atoms with Crippen molar-refractivity contribution in [2.24, 2.45) is 11.8 Å². The first kappa shape index (κ1) is 15.4. The van der Waals surface area contributed by atoms with Gasteiger partial charge in [-0.1, -0.05) is 51.1 Å². The van der Waals surface area contributed by atoms with Gasteiger partial charge in [-0.15, -0.1) is 0 Å². The summed E-state index contributed by atoms with van der Waals surface area (Å²) in [6, 6.07) is 0. The molecule has 0 unspecified atom stereocenters. The number of nitrogens with one attached hydrogen (secondary N) is 1. The van der Waals surface area contributed by atoms with Gasteiger partial charge < -0.3 is 0 Å². The van der Waals surface area contributed by atoms with Gasteiger partial charge in [-0.3, -0.25) is 14.3 Å². The van der Waals surface area contributed by atoms with Crippen LogP contribution in [0.25, 0.3) is 0 Å². The minimum Gasteiger partial charge on any atom is -0.297 e. The maximum Gasteiger partial charge on any atom is 0.329 e. The average Bonchev–Trinajstić information content (AvgIpc) is 2.40. The summed E-state index contributed by atoms with van der Waals surface area (Å²) in [6.07, 6.45) is 6.38. The van der Waals surface area contributed by atoms with Crippen molar-refractivity contribution in [2.75, 3.05) is 0 Å². The normalized spacial score (nSPS) is 22.9. The van der Waals surface area contributed by atoms with E-state index < -0.39 is 0 Å². The number of H-pyrrole nitrogens is 1. The zero-order chi connectivity index (χ0) is 14.7. The van der Waals surface area contributed by atoms with Crippen molar-refractivity contribution in [2.45, 2.75) is 58.9 Å². The molecule has 1 fully saturated rings. The van der Waals surface area contributed by atoms with E-state index in [2.05, 4.69) is 11.9 Å². The summed E-state index contributed by atoms with van der Waals surface area (Å²) in [4.78, 5) is 26.7. The van der Waals surface area contributed by atoms with Crippen molar-refractivity contribution in [3.8, 4) is 0 Å². The number of rotatable bonds is 4. The average molecular weight is 299 g/mol. The number of aromatic amines is 1. The number of hydrogen-bond acceptors (Lipinski definition) is 2. The molecule has 4 nitrogen and oxygen atoms in total. The number of halogens is 1. The van der Waals surface area contributed by atoms with Gasteiger partial charge in [0.05, 0.1) is 5.56 Å². The van der Waals surface area contributed by atoms with Crippen LogP contribution < -0.4 is 11.2 Å². The molecular weight excluding hydrogens is 276 g/mol. The largest absolute Gasteiger partial charge is 0.329 e. The summed E-state index contributed by atoms with van der Waals surface area (Å²) in [5, 5.41) is 0.185. The molecule has 1 aliphatic rings. The second-order valence-corrected chi connectivity index (χ2v) is 6.33. The summed E-state index contributed by atoms with van der Waals surface area (Å²) in [7, 11) is 0. The maximum atomic E-state index is 12.2. The van der Waals surface area contributed by atoms with Crippen molar-refractivity contribution in [1.29, 1.82) is 0 Å². The Morgan fingerprint density at radius 3 is 2.50 bits per heavy atom. The van der Waals surface area contributed by atoms with Gasteiger partial charge in [0.2, 0.25) is 0 Å². The molecule has 0 amide bonds. The molecule has 0 spiro atoms. The highest BCUT2D eigenvalue weighted by Crippen LogP contribution is 2.30. The highest BCUT2D eigenvalue weighted by Gasteiger charge is 2.19. The SMILES string of the molecule is CCc1c(Cl)[nH]c(=O)n(CCC2CCC(C)CC2)c1=O. The van der Waals surface area contributed by atoms with E-state index in [0.717, 1.165) is 12.3 Å². The monoisotopic (exact) mass is 298 g/mol. The second kappa shape index (κ2) is 6.61. The minimum absolute atomic E-state index is 0.185. The van der Waals surface area contributed by atoms with E-state index in [1.54, 1.807) is 0 Å². The van der Waals surface area contributed by atoms with Gasteiger partial charge in [0, 0.05) is 6.54 Å². The molecular formula is C15H23ClN2O2. The quantitative estimate of drug-likeness (QED) is 0.869. The lowest BCUT2D eigenvalue weighted by molar-refractivity contribution is 0.267. The Hall–Kier alpha value is -1.03. The number of aromatic nitrogens is 2. The Morgan fingerprint density at radius 2 is 1.90 bits per heavy atom. The molecule has 0 aromatic carbocycles. The van der Waals surface area contributed by atoms with Crippen LogP contribution in [0.3, 0.4) is 0 Å². The fourth-order valence-electron chi connectivity index (χ4n) is 3.02. The molecule has 1 aromatic rings. The highest BCUT2D eigenvalue weighted by molar-refractivity contribution is 6.30. The summed E-state index contributed by atoms with van der Waals surface area (Å²) in [6.45, 7) is 4.66. The molecule has 1 N–H and O–H groups in total. The van der Waals surface area contributed by atoms with Gasteiger partial charge in [0.25, 0.3) is 5.56 Å². The van der Waals surface area contributed by atoms with Crippen LogP contribution in [0, 0.1) is 11.8 Å². The first-order valence-corrected chi connectivity index (χ1v) is 7.92. The molecule has 1 aliphatic carbocycles. The van der Waals surface area contributed by atoms with Crippen molar-refractivity contribution in [3.63, 3.8) is 0 Å². The third-order valence-electron chi connectivity index (χ3n) is 4.48. The molecule has 112 valence electrons. The van der Waals surface area contributed by atoms with Crippen LogP contribution in [-0.4, -0.2) is 9.55 Å². The first-order valence-electron chi connectivity index (χ1n) is 7.54. The molecule has 1 saturated carbocycles. The van der Waals surface area contributed by atoms with E-state index in [4.69, 9.17) is 11.6 Å². The molecule has 1 heterocycles. The lowest BCUT2D eigenvalue weighted by Crippen LogP contribution is -2.38. The minimum atomic E-state index is -0.388. The molecule has 0 bridgehead atoms. The van der Waals surface area contributed by atoms with Crippen LogP contribution in [0.15, 0.2) is 9.59 Å². The predicted octanol–water partition coefficient (Wildman–Crippen LogP) is 2.97. The lowest BCUT2D eigenvalue weighted by atomic mass is 9.81. The van der Waals surface area contributed by atoms with Gasteiger partial charge >= 0.3 is 5.69 Å². The van der Waals surface area contributed by atoms with E-state index in [9.17, 15) is 9.59 Å². The Bertz CT molecular complexity index is 568. The summed E-state index contributed by atoms with van der Waals surface area (Å²) in [5.41, 5.74) is -0.115. The third-order valence-corrected chi connectivity index (χ3v) is 4.80. The van der Waals surface area contributed by atoms with E-state index in [-0.39, 0.29) is 16.4 Å². The first-order chi connectivity index (χ1) is 9.52. The predicted molar refractivity (Wildman–Crippen MR) is 81.4 cm³/mol. The van der Waals surface area contributed by atoms with E-state index in [1.165, 1.54) is 30.3 Å². The van der Waals surface area contributed by atoms with Gasteiger partial charge in [0.1, 0.15) is 5.15 Å². The Balaban J connectivity index is 2.10. The molecule has 1 aromatic heterocycles. The van der Waals surface area contributed by atoms with E-state index >= 15 is 0 Å². The molecule has 5 heteroatoms. The van der Waals surface area contributed by atoms with Crippen LogP contribution in [0.2, 0.25) is 5.15 Å². The lowest BCUT2D eigenvalue weighted by Gasteiger charge is -2.26. The van der Waals surface area contributed by atoms with E-state index in [1.807, 2.05) is 6.92 Å². The van der Waals surface area contributed by atoms with Gasteiger partial charge in [-0.05, 0) is 24.7 Å². The maximum absolute atomic E-state index is 12.2. The topological polar surface area (TPSA) is 54.9 Å². The zero-order valence-electron chi connectivity index (χ0n) is 12.2. The molecule has 0 saturated heterocycles. The van der Waals surface area contributed by atoms with Crippen LogP contribution in [0.5, 0.6) is 0 Å². The zero-order valence-corrected chi connectivity index (χ0v) is 13.0. The van der Waals surface area contributed by atoms with E-state index in [0.29, 0.717) is 24.4 Å². The Labute approximate surface area is 124 Å². The highest BCUT2D eigenvalue weighted by atomic mass is 35.5. The van der Waals surface area contributed by atoms with Crippen LogP contribution in [0.1, 0.15) is 51.5 Å². The smallest absolute Gasteiger partial charge is 0.297 e. The number of hydrogen-bond donors (Lipinski definition) is 1. The molecule has 20 heavy (non-hydrogen) atoms. The summed E-state index contributed by atoms with van der Waals surface area (Å²) in [5.74, 6) is 1.46. The van der Waals surface area contributed by atoms with Crippen LogP contribution >= 0.6 is 11.6 Å². The van der Waals surface area contributed by atoms with Crippen molar-refractivity contribution in [1.82, 2.24) is 9.55 Å². The van der Waals surface area contributed by atoms with Crippen molar-refractivity contribution in [3.05, 3.63) is 31.6 Å². The Kier molecular flexibility index (Phi) is 5.08. The summed E-state index contributed by atoms with van der Waals surface area (Å²) >= 11 is 5.90. The third kappa shape index (κ3) is 3.35. The van der Waals surface area contributed by atoms with Gasteiger partial charge in [-0.2, -0.15) is 0 Å². The second-order valence-electron chi connectivity index (χ2n) is 5.95. The van der Waals surface area contributed by atoms with Gasteiger partial charge in [-0.25, -0.2) is 4.79 Å². The van der Waals surface area contributed by atoms with Crippen LogP contribution in [0.4, 0.5) is 0 Å². The molecule has 0 atom stereocenters. The standard InChI is InChI=1S/C15H23ClN2O2/c1-3-12-13(16)17-15(20)18(14(12)19)9-8-11-6-4-10(2)5-7-11/h10-11H,3-9H2,1-2H3,(H,17,20). The van der Waals surface area contributed by atoms with Crippen LogP contribution in [-0.2, 0) is 13.0 Å². The molecule has 0 radical (unpaired) electrons. The van der Waals surface area contributed by atoms with Crippen molar-refractivity contribution >= 4 is 11.6 Å². The fraction of sp³-hybridized carbons (Fsp3) is 0.733. The fourth-order valence-corrected chi connectivity index (χ4v) is 3.32. The van der Waals surface area contributed by atoms with Crippen molar-refractivity contribution < 1.29 is 0 Å². The summed E-state index contributed by atoms with van der Waals surface area (Å²) < 4.78 is 1.31.